The minimum atomic E-state index is -0.824. The average Bonchev–Trinajstić information content (AvgIpc) is 2.46. The highest BCUT2D eigenvalue weighted by atomic mass is 19.1. The van der Waals surface area contributed by atoms with E-state index in [9.17, 15) is 9.50 Å². The number of hydrogen-bond acceptors (Lipinski definition) is 4. The summed E-state index contributed by atoms with van der Waals surface area (Å²) >= 11 is 0. The molecule has 0 saturated carbocycles. The highest BCUT2D eigenvalue weighted by Gasteiger charge is 2.27. The highest BCUT2D eigenvalue weighted by Crippen LogP contribution is 2.26. The maximum Gasteiger partial charge on any atom is 0.165 e. The van der Waals surface area contributed by atoms with Crippen LogP contribution in [0, 0.1) is 5.82 Å². The average molecular weight is 269 g/mol. The van der Waals surface area contributed by atoms with Crippen molar-refractivity contribution in [2.75, 3.05) is 33.4 Å². The molecule has 1 heterocycles. The van der Waals surface area contributed by atoms with Gasteiger partial charge in [-0.15, -0.1) is 0 Å². The molecule has 1 aliphatic rings. The number of aliphatic hydroxyl groups is 1. The molecule has 2 rings (SSSR count). The van der Waals surface area contributed by atoms with E-state index in [-0.39, 0.29) is 11.9 Å². The Labute approximate surface area is 112 Å². The molecule has 5 heteroatoms. The number of likely N-dealkylation sites (N-methyl/N-ethyl adjacent to an activating group) is 1. The van der Waals surface area contributed by atoms with Crippen LogP contribution in [-0.4, -0.2) is 49.5 Å². The van der Waals surface area contributed by atoms with Gasteiger partial charge in [-0.1, -0.05) is 13.0 Å². The Balaban J connectivity index is 2.10. The molecular formula is C14H20FNO3. The van der Waals surface area contributed by atoms with Crippen molar-refractivity contribution in [1.29, 1.82) is 0 Å². The summed E-state index contributed by atoms with van der Waals surface area (Å²) in [4.78, 5) is 2.21. The summed E-state index contributed by atoms with van der Waals surface area (Å²) in [7, 11) is 1.41. The number of ether oxygens (including phenoxy) is 2. The second kappa shape index (κ2) is 6.32. The van der Waals surface area contributed by atoms with Crippen LogP contribution in [0.5, 0.6) is 5.75 Å². The van der Waals surface area contributed by atoms with Crippen LogP contribution in [0.3, 0.4) is 0 Å². The molecule has 1 fully saturated rings. The Hall–Kier alpha value is -1.17. The van der Waals surface area contributed by atoms with E-state index < -0.39 is 11.9 Å². The fourth-order valence-corrected chi connectivity index (χ4v) is 2.29. The van der Waals surface area contributed by atoms with Gasteiger partial charge in [-0.25, -0.2) is 4.39 Å². The van der Waals surface area contributed by atoms with Crippen molar-refractivity contribution in [3.05, 3.63) is 29.6 Å². The van der Waals surface area contributed by atoms with Crippen molar-refractivity contribution in [3.63, 3.8) is 0 Å². The first-order chi connectivity index (χ1) is 9.15. The van der Waals surface area contributed by atoms with Gasteiger partial charge in [-0.3, -0.25) is 4.90 Å². The van der Waals surface area contributed by atoms with Gasteiger partial charge in [0.15, 0.2) is 11.6 Å². The third-order valence-electron chi connectivity index (χ3n) is 3.49. The molecule has 19 heavy (non-hydrogen) atoms. The van der Waals surface area contributed by atoms with Crippen molar-refractivity contribution >= 4 is 0 Å². The molecule has 1 aromatic carbocycles. The van der Waals surface area contributed by atoms with Gasteiger partial charge in [-0.2, -0.15) is 0 Å². The van der Waals surface area contributed by atoms with Gasteiger partial charge in [-0.05, 0) is 24.2 Å². The smallest absolute Gasteiger partial charge is 0.165 e. The maximum absolute atomic E-state index is 13.6. The Morgan fingerprint density at radius 2 is 2.37 bits per heavy atom. The molecule has 1 saturated heterocycles. The lowest BCUT2D eigenvalue weighted by molar-refractivity contribution is -0.0889. The molecule has 0 radical (unpaired) electrons. The fourth-order valence-electron chi connectivity index (χ4n) is 2.29. The molecule has 0 aromatic heterocycles. The molecule has 4 nitrogen and oxygen atoms in total. The summed E-state index contributed by atoms with van der Waals surface area (Å²) in [6.07, 6.45) is -1.14. The third kappa shape index (κ3) is 3.23. The number of halogens is 1. The van der Waals surface area contributed by atoms with E-state index in [2.05, 4.69) is 11.8 Å². The molecule has 2 atom stereocenters. The molecule has 0 aliphatic carbocycles. The minimum Gasteiger partial charge on any atom is -0.494 e. The number of benzene rings is 1. The first-order valence-corrected chi connectivity index (χ1v) is 6.51. The van der Waals surface area contributed by atoms with Crippen LogP contribution in [0.1, 0.15) is 18.6 Å². The normalized spacial score (nSPS) is 22.2. The SMILES string of the molecule is CCN1CCOC(C(O)c2ccc(OC)c(F)c2)C1. The Morgan fingerprint density at radius 1 is 1.58 bits per heavy atom. The lowest BCUT2D eigenvalue weighted by Crippen LogP contribution is -2.44. The van der Waals surface area contributed by atoms with Crippen molar-refractivity contribution in [2.24, 2.45) is 0 Å². The Kier molecular flexibility index (Phi) is 4.74. The van der Waals surface area contributed by atoms with Crippen LogP contribution in [0.25, 0.3) is 0 Å². The van der Waals surface area contributed by atoms with Crippen molar-refractivity contribution in [3.8, 4) is 5.75 Å². The van der Waals surface area contributed by atoms with Crippen molar-refractivity contribution < 1.29 is 19.0 Å². The van der Waals surface area contributed by atoms with Crippen LogP contribution < -0.4 is 4.74 Å². The molecule has 1 aromatic rings. The summed E-state index contributed by atoms with van der Waals surface area (Å²) in [6, 6.07) is 4.49. The van der Waals surface area contributed by atoms with Gasteiger partial charge in [0.2, 0.25) is 0 Å². The van der Waals surface area contributed by atoms with Crippen LogP contribution in [0.4, 0.5) is 4.39 Å². The Morgan fingerprint density at radius 3 is 3.00 bits per heavy atom. The van der Waals surface area contributed by atoms with Gasteiger partial charge < -0.3 is 14.6 Å². The van der Waals surface area contributed by atoms with Crippen LogP contribution >= 0.6 is 0 Å². The molecule has 1 aliphatic heterocycles. The zero-order valence-corrected chi connectivity index (χ0v) is 11.3. The summed E-state index contributed by atoms with van der Waals surface area (Å²) in [5, 5.41) is 10.3. The zero-order chi connectivity index (χ0) is 13.8. The largest absolute Gasteiger partial charge is 0.494 e. The first-order valence-electron chi connectivity index (χ1n) is 6.51. The molecule has 1 N–H and O–H groups in total. The van der Waals surface area contributed by atoms with Gasteiger partial charge in [0.05, 0.1) is 13.7 Å². The van der Waals surface area contributed by atoms with Crippen molar-refractivity contribution in [2.45, 2.75) is 19.1 Å². The standard InChI is InChI=1S/C14H20FNO3/c1-3-16-6-7-19-13(9-16)14(17)10-4-5-12(18-2)11(15)8-10/h4-5,8,13-14,17H,3,6-7,9H2,1-2H3. The van der Waals surface area contributed by atoms with E-state index in [1.54, 1.807) is 6.07 Å². The number of morpholine rings is 1. The number of aliphatic hydroxyl groups excluding tert-OH is 1. The van der Waals surface area contributed by atoms with E-state index in [1.807, 2.05) is 0 Å². The molecule has 0 spiro atoms. The number of rotatable bonds is 4. The molecular weight excluding hydrogens is 249 g/mol. The zero-order valence-electron chi connectivity index (χ0n) is 11.3. The highest BCUT2D eigenvalue weighted by molar-refractivity contribution is 5.30. The number of hydrogen-bond donors (Lipinski definition) is 1. The summed E-state index contributed by atoms with van der Waals surface area (Å²) in [5.74, 6) is -0.294. The quantitative estimate of drug-likeness (QED) is 0.901. The number of methoxy groups -OCH3 is 1. The van der Waals surface area contributed by atoms with E-state index in [4.69, 9.17) is 9.47 Å². The summed E-state index contributed by atoms with van der Waals surface area (Å²) in [6.45, 7) is 5.11. The van der Waals surface area contributed by atoms with Gasteiger partial charge in [0.1, 0.15) is 12.2 Å². The predicted octanol–water partition coefficient (Wildman–Crippen LogP) is 1.59. The van der Waals surface area contributed by atoms with Crippen LogP contribution in [0.2, 0.25) is 0 Å². The maximum atomic E-state index is 13.6. The lowest BCUT2D eigenvalue weighted by atomic mass is 10.0. The Bertz CT molecular complexity index is 427. The first kappa shape index (κ1) is 14.2. The van der Waals surface area contributed by atoms with Crippen molar-refractivity contribution in [1.82, 2.24) is 4.90 Å². The second-order valence-electron chi connectivity index (χ2n) is 4.64. The second-order valence-corrected chi connectivity index (χ2v) is 4.64. The van der Waals surface area contributed by atoms with Gasteiger partial charge >= 0.3 is 0 Å². The van der Waals surface area contributed by atoms with E-state index in [0.717, 1.165) is 13.1 Å². The predicted molar refractivity (Wildman–Crippen MR) is 69.8 cm³/mol. The van der Waals surface area contributed by atoms with Gasteiger partial charge in [0, 0.05) is 13.1 Å². The molecule has 0 amide bonds. The van der Waals surface area contributed by atoms with Gasteiger partial charge in [0.25, 0.3) is 0 Å². The van der Waals surface area contributed by atoms with Crippen LogP contribution in [-0.2, 0) is 4.74 Å². The molecule has 106 valence electrons. The van der Waals surface area contributed by atoms with E-state index in [1.165, 1.54) is 19.2 Å². The van der Waals surface area contributed by atoms with Crippen LogP contribution in [0.15, 0.2) is 18.2 Å². The summed E-state index contributed by atoms with van der Waals surface area (Å²) < 4.78 is 24.1. The summed E-state index contributed by atoms with van der Waals surface area (Å²) in [5.41, 5.74) is 0.515. The van der Waals surface area contributed by atoms with E-state index >= 15 is 0 Å². The lowest BCUT2D eigenvalue weighted by Gasteiger charge is -2.34. The topological polar surface area (TPSA) is 41.9 Å². The molecule has 0 bridgehead atoms. The fraction of sp³-hybridized carbons (Fsp3) is 0.571. The monoisotopic (exact) mass is 269 g/mol. The molecule has 2 unspecified atom stereocenters. The third-order valence-corrected chi connectivity index (χ3v) is 3.49. The number of nitrogens with zero attached hydrogens (tertiary/aromatic N) is 1. The minimum absolute atomic E-state index is 0.177. The van der Waals surface area contributed by atoms with E-state index in [0.29, 0.717) is 18.7 Å².